The van der Waals surface area contributed by atoms with E-state index in [-0.39, 0.29) is 23.5 Å². The van der Waals surface area contributed by atoms with Gasteiger partial charge in [-0.2, -0.15) is 4.98 Å². The van der Waals surface area contributed by atoms with Crippen molar-refractivity contribution in [3.05, 3.63) is 52.2 Å². The van der Waals surface area contributed by atoms with Crippen molar-refractivity contribution in [2.75, 3.05) is 10.7 Å². The van der Waals surface area contributed by atoms with Crippen LogP contribution in [-0.2, 0) is 0 Å². The van der Waals surface area contributed by atoms with Crippen molar-refractivity contribution in [3.63, 3.8) is 0 Å². The number of nitrogens with two attached hydrogens (primary N) is 1. The van der Waals surface area contributed by atoms with E-state index < -0.39 is 4.92 Å². The Kier molecular flexibility index (Phi) is 4.62. The summed E-state index contributed by atoms with van der Waals surface area (Å²) in [5.74, 6) is 5.50. The smallest absolute Gasteiger partial charge is 0.329 e. The zero-order chi connectivity index (χ0) is 15.2. The van der Waals surface area contributed by atoms with E-state index in [1.807, 2.05) is 37.3 Å². The van der Waals surface area contributed by atoms with Crippen molar-refractivity contribution >= 4 is 17.5 Å². The molecule has 8 heteroatoms. The van der Waals surface area contributed by atoms with Gasteiger partial charge in [0.25, 0.3) is 0 Å². The Hall–Kier alpha value is -2.74. The van der Waals surface area contributed by atoms with Crippen molar-refractivity contribution in [1.82, 2.24) is 9.97 Å². The van der Waals surface area contributed by atoms with Gasteiger partial charge in [0.15, 0.2) is 0 Å². The second-order valence-corrected chi connectivity index (χ2v) is 4.34. The molecule has 0 saturated heterocycles. The van der Waals surface area contributed by atoms with E-state index in [1.165, 1.54) is 0 Å². The predicted molar refractivity (Wildman–Crippen MR) is 79.6 cm³/mol. The van der Waals surface area contributed by atoms with Crippen LogP contribution in [0.15, 0.2) is 36.5 Å². The summed E-state index contributed by atoms with van der Waals surface area (Å²) in [4.78, 5) is 18.3. The van der Waals surface area contributed by atoms with Crippen LogP contribution in [0.25, 0.3) is 0 Å². The molecule has 4 N–H and O–H groups in total. The highest BCUT2D eigenvalue weighted by atomic mass is 16.6. The summed E-state index contributed by atoms with van der Waals surface area (Å²) in [6, 6.07) is 9.57. The maximum absolute atomic E-state index is 11.1. The second-order valence-electron chi connectivity index (χ2n) is 4.34. The molecule has 0 aliphatic heterocycles. The molecule has 21 heavy (non-hydrogen) atoms. The van der Waals surface area contributed by atoms with Gasteiger partial charge < -0.3 is 5.32 Å². The maximum atomic E-state index is 11.1. The van der Waals surface area contributed by atoms with Crippen LogP contribution in [-0.4, -0.2) is 14.9 Å². The second kappa shape index (κ2) is 6.62. The lowest BCUT2D eigenvalue weighted by Gasteiger charge is -2.18. The number of nitrogens with one attached hydrogen (secondary N) is 2. The number of anilines is 2. The fraction of sp³-hybridized carbons (Fsp3) is 0.231. The van der Waals surface area contributed by atoms with Crippen LogP contribution in [0.2, 0.25) is 0 Å². The van der Waals surface area contributed by atoms with Crippen LogP contribution in [0.5, 0.6) is 0 Å². The summed E-state index contributed by atoms with van der Waals surface area (Å²) >= 11 is 0. The molecule has 0 saturated carbocycles. The summed E-state index contributed by atoms with van der Waals surface area (Å²) in [5, 5.41) is 14.1. The molecular weight excluding hydrogens is 272 g/mol. The Morgan fingerprint density at radius 2 is 2.10 bits per heavy atom. The standard InChI is InChI=1S/C13H16N6O2/c1-2-10(9-6-4-3-5-7-9)16-12-11(19(20)21)8-15-13(17-12)18-14/h3-8,10H,2,14H2,1H3,(H2,15,16,17,18). The molecule has 0 aliphatic rings. The van der Waals surface area contributed by atoms with Gasteiger partial charge in [0, 0.05) is 0 Å². The molecule has 0 bridgehead atoms. The highest BCUT2D eigenvalue weighted by Crippen LogP contribution is 2.28. The van der Waals surface area contributed by atoms with Crippen LogP contribution in [0.4, 0.5) is 17.5 Å². The van der Waals surface area contributed by atoms with Gasteiger partial charge in [-0.1, -0.05) is 37.3 Å². The Balaban J connectivity index is 2.34. The lowest BCUT2D eigenvalue weighted by molar-refractivity contribution is -0.384. The van der Waals surface area contributed by atoms with E-state index in [0.29, 0.717) is 0 Å². The number of hydrogen-bond acceptors (Lipinski definition) is 7. The van der Waals surface area contributed by atoms with Crippen LogP contribution in [0.3, 0.4) is 0 Å². The molecule has 2 rings (SSSR count). The van der Waals surface area contributed by atoms with Gasteiger partial charge in [0.2, 0.25) is 11.8 Å². The van der Waals surface area contributed by atoms with Crippen molar-refractivity contribution in [1.29, 1.82) is 0 Å². The third-order valence-electron chi connectivity index (χ3n) is 3.02. The average molecular weight is 288 g/mol. The monoisotopic (exact) mass is 288 g/mol. The van der Waals surface area contributed by atoms with Gasteiger partial charge in [-0.25, -0.2) is 10.8 Å². The van der Waals surface area contributed by atoms with Crippen LogP contribution in [0.1, 0.15) is 24.9 Å². The molecule has 8 nitrogen and oxygen atoms in total. The number of hydrazine groups is 1. The summed E-state index contributed by atoms with van der Waals surface area (Å²) in [6.45, 7) is 1.99. The Morgan fingerprint density at radius 1 is 1.38 bits per heavy atom. The molecule has 1 unspecified atom stereocenters. The van der Waals surface area contributed by atoms with Crippen LogP contribution >= 0.6 is 0 Å². The molecular formula is C13H16N6O2. The van der Waals surface area contributed by atoms with Crippen molar-refractivity contribution in [2.45, 2.75) is 19.4 Å². The number of rotatable bonds is 6. The van der Waals surface area contributed by atoms with E-state index >= 15 is 0 Å². The molecule has 0 spiro atoms. The lowest BCUT2D eigenvalue weighted by Crippen LogP contribution is -2.15. The number of benzene rings is 1. The number of hydrogen-bond donors (Lipinski definition) is 3. The molecule has 110 valence electrons. The Morgan fingerprint density at radius 3 is 2.67 bits per heavy atom. The normalized spacial score (nSPS) is 11.7. The van der Waals surface area contributed by atoms with E-state index in [2.05, 4.69) is 20.7 Å². The first-order valence-corrected chi connectivity index (χ1v) is 6.45. The molecule has 1 atom stereocenters. The highest BCUT2D eigenvalue weighted by molar-refractivity contribution is 5.57. The van der Waals surface area contributed by atoms with Crippen LogP contribution < -0.4 is 16.6 Å². The molecule has 1 aromatic carbocycles. The minimum absolute atomic E-state index is 0.0922. The topological polar surface area (TPSA) is 119 Å². The van der Waals surface area contributed by atoms with E-state index in [4.69, 9.17) is 5.84 Å². The van der Waals surface area contributed by atoms with Gasteiger partial charge in [0.1, 0.15) is 6.20 Å². The van der Waals surface area contributed by atoms with Gasteiger partial charge in [-0.3, -0.25) is 15.5 Å². The fourth-order valence-electron chi connectivity index (χ4n) is 1.96. The molecule has 0 fully saturated rings. The number of nitrogen functional groups attached to an aromatic ring is 1. The predicted octanol–water partition coefficient (Wildman–Crippen LogP) is 2.23. The quantitative estimate of drug-likeness (QED) is 0.423. The summed E-state index contributed by atoms with van der Waals surface area (Å²) in [7, 11) is 0. The largest absolute Gasteiger partial charge is 0.357 e. The van der Waals surface area contributed by atoms with E-state index in [9.17, 15) is 10.1 Å². The van der Waals surface area contributed by atoms with Crippen molar-refractivity contribution in [3.8, 4) is 0 Å². The minimum Gasteiger partial charge on any atom is -0.357 e. The zero-order valence-electron chi connectivity index (χ0n) is 11.5. The molecule has 0 radical (unpaired) electrons. The molecule has 2 aromatic rings. The van der Waals surface area contributed by atoms with Crippen LogP contribution in [0, 0.1) is 10.1 Å². The highest BCUT2D eigenvalue weighted by Gasteiger charge is 2.20. The van der Waals surface area contributed by atoms with Gasteiger partial charge in [0.05, 0.1) is 11.0 Å². The third-order valence-corrected chi connectivity index (χ3v) is 3.02. The average Bonchev–Trinajstić information content (AvgIpc) is 2.53. The molecule has 1 aromatic heterocycles. The number of aromatic nitrogens is 2. The molecule has 0 amide bonds. The minimum atomic E-state index is -0.527. The van der Waals surface area contributed by atoms with E-state index in [0.717, 1.165) is 18.2 Å². The van der Waals surface area contributed by atoms with Crippen molar-refractivity contribution in [2.24, 2.45) is 5.84 Å². The molecule has 1 heterocycles. The lowest BCUT2D eigenvalue weighted by atomic mass is 10.0. The number of nitro groups is 1. The maximum Gasteiger partial charge on any atom is 0.329 e. The summed E-state index contributed by atoms with van der Waals surface area (Å²) in [6.07, 6.45) is 1.87. The molecule has 0 aliphatic carbocycles. The summed E-state index contributed by atoms with van der Waals surface area (Å²) < 4.78 is 0. The summed E-state index contributed by atoms with van der Waals surface area (Å²) in [5.41, 5.74) is 3.11. The third kappa shape index (κ3) is 3.42. The first kappa shape index (κ1) is 14.7. The SMILES string of the molecule is CCC(Nc1nc(NN)ncc1[N+](=O)[O-])c1ccccc1. The number of nitrogens with zero attached hydrogens (tertiary/aromatic N) is 3. The Bertz CT molecular complexity index is 619. The fourth-order valence-corrected chi connectivity index (χ4v) is 1.96. The first-order chi connectivity index (χ1) is 10.2. The van der Waals surface area contributed by atoms with Crippen molar-refractivity contribution < 1.29 is 4.92 Å². The van der Waals surface area contributed by atoms with E-state index in [1.54, 1.807) is 0 Å². The van der Waals surface area contributed by atoms with Gasteiger partial charge >= 0.3 is 5.69 Å². The van der Waals surface area contributed by atoms with Gasteiger partial charge in [-0.15, -0.1) is 0 Å². The van der Waals surface area contributed by atoms with Gasteiger partial charge in [-0.05, 0) is 12.0 Å². The Labute approximate surface area is 121 Å². The first-order valence-electron chi connectivity index (χ1n) is 6.45. The zero-order valence-corrected chi connectivity index (χ0v) is 11.5.